The van der Waals surface area contributed by atoms with Crippen molar-refractivity contribution in [2.45, 2.75) is 38.8 Å². The Hall–Kier alpha value is -2.09. The topological polar surface area (TPSA) is 36.9 Å². The van der Waals surface area contributed by atoms with Crippen molar-refractivity contribution in [2.24, 2.45) is 0 Å². The lowest BCUT2D eigenvalue weighted by molar-refractivity contribution is -0.230. The number of hydrogen-bond acceptors (Lipinski definition) is 4. The molecule has 1 aliphatic heterocycles. The summed E-state index contributed by atoms with van der Waals surface area (Å²) in [7, 11) is 0. The summed E-state index contributed by atoms with van der Waals surface area (Å²) >= 11 is 0. The summed E-state index contributed by atoms with van der Waals surface area (Å²) in [6, 6.07) is 7.74. The van der Waals surface area contributed by atoms with Crippen LogP contribution in [-0.4, -0.2) is 25.9 Å². The maximum atomic E-state index is 14.4. The number of unbranched alkanes of at least 4 members (excludes halogenated alkanes) is 1. The average Bonchev–Trinajstić information content (AvgIpc) is 2.70. The molecular weight excluding hydrogens is 373 g/mol. The first-order chi connectivity index (χ1) is 13.6. The molecule has 2 aromatic carbocycles. The molecule has 0 unspecified atom stereocenters. The van der Waals surface area contributed by atoms with E-state index in [1.807, 2.05) is 0 Å². The zero-order valence-corrected chi connectivity index (χ0v) is 15.6. The molecule has 0 aliphatic carbocycles. The van der Waals surface area contributed by atoms with Crippen LogP contribution in [0.1, 0.15) is 37.2 Å². The highest BCUT2D eigenvalue weighted by atomic mass is 19.2. The highest BCUT2D eigenvalue weighted by molar-refractivity contribution is 5.27. The molecule has 0 radical (unpaired) electrons. The Balaban J connectivity index is 1.53. The van der Waals surface area contributed by atoms with Crippen LogP contribution in [0.4, 0.5) is 13.2 Å². The molecular formula is C21H23F3O4. The number of ether oxygens (including phenoxy) is 4. The molecule has 2 aromatic rings. The third-order valence-electron chi connectivity index (χ3n) is 4.35. The van der Waals surface area contributed by atoms with E-state index in [-0.39, 0.29) is 24.0 Å². The van der Waals surface area contributed by atoms with Crippen LogP contribution in [0.2, 0.25) is 0 Å². The molecule has 0 amide bonds. The molecule has 1 saturated heterocycles. The van der Waals surface area contributed by atoms with Gasteiger partial charge in [-0.15, -0.1) is 0 Å². The summed E-state index contributed by atoms with van der Waals surface area (Å²) in [6.07, 6.45) is 1.28. The summed E-state index contributed by atoms with van der Waals surface area (Å²) in [4.78, 5) is 0. The lowest BCUT2D eigenvalue weighted by Crippen LogP contribution is -2.33. The second-order valence-electron chi connectivity index (χ2n) is 6.56. The van der Waals surface area contributed by atoms with Crippen molar-refractivity contribution < 1.29 is 32.1 Å². The molecule has 0 bridgehead atoms. The molecule has 7 heteroatoms. The third kappa shape index (κ3) is 5.47. The van der Waals surface area contributed by atoms with E-state index in [0.717, 1.165) is 25.0 Å². The Morgan fingerprint density at radius 1 is 0.964 bits per heavy atom. The Labute approximate surface area is 162 Å². The average molecular weight is 396 g/mol. The van der Waals surface area contributed by atoms with E-state index in [1.54, 1.807) is 12.1 Å². The fourth-order valence-electron chi connectivity index (χ4n) is 2.72. The maximum Gasteiger partial charge on any atom is 0.184 e. The summed E-state index contributed by atoms with van der Waals surface area (Å²) in [5, 5.41) is 0. The Kier molecular flexibility index (Phi) is 7.30. The van der Waals surface area contributed by atoms with Crippen molar-refractivity contribution in [3.05, 3.63) is 65.0 Å². The molecule has 0 saturated carbocycles. The molecule has 1 heterocycles. The summed E-state index contributed by atoms with van der Waals surface area (Å²) < 4.78 is 62.7. The predicted molar refractivity (Wildman–Crippen MR) is 96.4 cm³/mol. The number of benzene rings is 2. The van der Waals surface area contributed by atoms with Crippen molar-refractivity contribution in [2.75, 3.05) is 19.8 Å². The molecule has 3 rings (SSSR count). The maximum absolute atomic E-state index is 14.4. The van der Waals surface area contributed by atoms with Crippen LogP contribution >= 0.6 is 0 Å². The molecule has 4 nitrogen and oxygen atoms in total. The monoisotopic (exact) mass is 396 g/mol. The van der Waals surface area contributed by atoms with Crippen LogP contribution < -0.4 is 4.74 Å². The molecule has 28 heavy (non-hydrogen) atoms. The van der Waals surface area contributed by atoms with E-state index in [0.29, 0.717) is 25.4 Å². The number of halogens is 3. The Bertz CT molecular complexity index is 776. The van der Waals surface area contributed by atoms with E-state index in [2.05, 4.69) is 6.92 Å². The van der Waals surface area contributed by atoms with Gasteiger partial charge < -0.3 is 18.9 Å². The van der Waals surface area contributed by atoms with E-state index < -0.39 is 23.7 Å². The lowest BCUT2D eigenvalue weighted by atomic mass is 10.1. The minimum Gasteiger partial charge on any atom is -0.489 e. The molecule has 0 spiro atoms. The predicted octanol–water partition coefficient (Wildman–Crippen LogP) is 4.91. The van der Waals surface area contributed by atoms with Crippen molar-refractivity contribution in [1.29, 1.82) is 0 Å². The van der Waals surface area contributed by atoms with Crippen molar-refractivity contribution in [1.82, 2.24) is 0 Å². The van der Waals surface area contributed by atoms with E-state index in [4.69, 9.17) is 18.9 Å². The fourth-order valence-corrected chi connectivity index (χ4v) is 2.72. The van der Waals surface area contributed by atoms with Crippen molar-refractivity contribution in [3.63, 3.8) is 0 Å². The minimum atomic E-state index is -1.02. The van der Waals surface area contributed by atoms with Gasteiger partial charge >= 0.3 is 0 Å². The SMILES string of the molecule is CCCCOC1COC(c2ccc(COc3ccc(F)c(F)c3)c(F)c2)OC1. The third-order valence-corrected chi connectivity index (χ3v) is 4.35. The van der Waals surface area contributed by atoms with Gasteiger partial charge in [-0.2, -0.15) is 0 Å². The van der Waals surface area contributed by atoms with Crippen molar-refractivity contribution in [3.8, 4) is 5.75 Å². The van der Waals surface area contributed by atoms with Gasteiger partial charge in [-0.25, -0.2) is 13.2 Å². The van der Waals surface area contributed by atoms with Crippen LogP contribution in [0.15, 0.2) is 36.4 Å². The van der Waals surface area contributed by atoms with E-state index in [9.17, 15) is 13.2 Å². The van der Waals surface area contributed by atoms with E-state index in [1.165, 1.54) is 12.1 Å². The summed E-state index contributed by atoms with van der Waals surface area (Å²) in [6.45, 7) is 3.42. The highest BCUT2D eigenvalue weighted by Gasteiger charge is 2.24. The molecule has 152 valence electrons. The molecule has 0 aromatic heterocycles. The van der Waals surface area contributed by atoms with Crippen LogP contribution in [0, 0.1) is 17.5 Å². The minimum absolute atomic E-state index is 0.114. The summed E-state index contributed by atoms with van der Waals surface area (Å²) in [5.74, 6) is -2.35. The van der Waals surface area contributed by atoms with Crippen LogP contribution in [0.5, 0.6) is 5.75 Å². The first-order valence-corrected chi connectivity index (χ1v) is 9.27. The number of rotatable bonds is 8. The van der Waals surface area contributed by atoms with Crippen LogP contribution in [0.3, 0.4) is 0 Å². The second kappa shape index (κ2) is 9.91. The van der Waals surface area contributed by atoms with Gasteiger partial charge in [0.1, 0.15) is 24.3 Å². The summed E-state index contributed by atoms with van der Waals surface area (Å²) in [5.41, 5.74) is 0.839. The van der Waals surface area contributed by atoms with Gasteiger partial charge in [-0.3, -0.25) is 0 Å². The van der Waals surface area contributed by atoms with Gasteiger partial charge in [0.25, 0.3) is 0 Å². The second-order valence-corrected chi connectivity index (χ2v) is 6.56. The van der Waals surface area contributed by atoms with Crippen LogP contribution in [-0.2, 0) is 20.8 Å². The van der Waals surface area contributed by atoms with Crippen LogP contribution in [0.25, 0.3) is 0 Å². The quantitative estimate of drug-likeness (QED) is 0.594. The lowest BCUT2D eigenvalue weighted by Gasteiger charge is -2.29. The standard InChI is InChI=1S/C21H23F3O4/c1-2-3-8-25-17-12-27-21(28-13-17)14-4-5-15(19(23)9-14)11-26-16-6-7-18(22)20(24)10-16/h4-7,9-10,17,21H,2-3,8,11-13H2,1H3. The first kappa shape index (κ1) is 20.6. The van der Waals surface area contributed by atoms with Gasteiger partial charge in [0, 0.05) is 23.8 Å². The normalized spacial score (nSPS) is 19.6. The molecule has 0 N–H and O–H groups in total. The van der Waals surface area contributed by atoms with Gasteiger partial charge in [-0.1, -0.05) is 25.5 Å². The zero-order chi connectivity index (χ0) is 19.9. The molecule has 1 aliphatic rings. The smallest absolute Gasteiger partial charge is 0.184 e. The zero-order valence-electron chi connectivity index (χ0n) is 15.6. The molecule has 0 atom stereocenters. The largest absolute Gasteiger partial charge is 0.489 e. The number of hydrogen-bond donors (Lipinski definition) is 0. The Morgan fingerprint density at radius 3 is 2.43 bits per heavy atom. The van der Waals surface area contributed by atoms with Gasteiger partial charge in [-0.05, 0) is 24.6 Å². The fraction of sp³-hybridized carbons (Fsp3) is 0.429. The highest BCUT2D eigenvalue weighted by Crippen LogP contribution is 2.26. The van der Waals surface area contributed by atoms with Gasteiger partial charge in [0.05, 0.1) is 13.2 Å². The van der Waals surface area contributed by atoms with E-state index >= 15 is 0 Å². The first-order valence-electron chi connectivity index (χ1n) is 9.27. The van der Waals surface area contributed by atoms with Gasteiger partial charge in [0.2, 0.25) is 0 Å². The Morgan fingerprint density at radius 2 is 1.75 bits per heavy atom. The van der Waals surface area contributed by atoms with Crippen molar-refractivity contribution >= 4 is 0 Å². The molecule has 1 fully saturated rings. The van der Waals surface area contributed by atoms with Gasteiger partial charge in [0.15, 0.2) is 17.9 Å².